The molecule has 19 heavy (non-hydrogen) atoms. The van der Waals surface area contributed by atoms with Gasteiger partial charge < -0.3 is 4.74 Å². The monoisotopic (exact) mass is 280 g/mol. The molecule has 0 fully saturated rings. The van der Waals surface area contributed by atoms with Crippen molar-refractivity contribution in [3.05, 3.63) is 29.8 Å². The van der Waals surface area contributed by atoms with Gasteiger partial charge in [-0.15, -0.1) is 0 Å². The Morgan fingerprint density at radius 3 is 2.63 bits per heavy atom. The van der Waals surface area contributed by atoms with Crippen LogP contribution in [0, 0.1) is 0 Å². The number of carbonyl (C=O) groups excluding carboxylic acids is 1. The fourth-order valence-corrected chi connectivity index (χ4v) is 1.61. The van der Waals surface area contributed by atoms with E-state index in [4.69, 9.17) is 4.74 Å². The van der Waals surface area contributed by atoms with Crippen molar-refractivity contribution in [2.75, 3.05) is 20.7 Å². The maximum atomic E-state index is 11.7. The van der Waals surface area contributed by atoms with Gasteiger partial charge in [0, 0.05) is 0 Å². The van der Waals surface area contributed by atoms with Gasteiger partial charge in [-0.2, -0.15) is 0 Å². The van der Waals surface area contributed by atoms with Gasteiger partial charge in [0.05, 0.1) is 23.4 Å². The Balaban J connectivity index is 2.51. The number of unbranched alkanes of at least 4 members (excludes halogenated alkanes) is 1. The first-order valence-corrected chi connectivity index (χ1v) is 7.11. The number of hydrogen-bond acceptors (Lipinski definition) is 5. The Morgan fingerprint density at radius 2 is 2.05 bits per heavy atom. The van der Waals surface area contributed by atoms with Crippen molar-refractivity contribution in [2.45, 2.75) is 19.8 Å². The Kier molecular flexibility index (Phi) is 7.22. The fourth-order valence-electron chi connectivity index (χ4n) is 1.25. The van der Waals surface area contributed by atoms with Crippen LogP contribution < -0.4 is 0 Å². The number of nitrogens with zero attached hydrogens (tertiary/aromatic N) is 2. The highest BCUT2D eigenvalue weighted by Gasteiger charge is 2.05. The van der Waals surface area contributed by atoms with Gasteiger partial charge in [-0.3, -0.25) is 4.31 Å². The average Bonchev–Trinajstić information content (AvgIpc) is 2.39. The highest BCUT2D eigenvalue weighted by atomic mass is 32.2. The molecule has 1 rings (SSSR count). The smallest absolute Gasteiger partial charge is 0.338 e. The van der Waals surface area contributed by atoms with Gasteiger partial charge in [0.25, 0.3) is 0 Å². The van der Waals surface area contributed by atoms with E-state index in [1.165, 1.54) is 11.9 Å². The number of carbonyl (C=O) groups is 1. The summed E-state index contributed by atoms with van der Waals surface area (Å²) in [6.45, 7) is 2.54. The molecule has 0 bridgehead atoms. The second-order valence-corrected chi connectivity index (χ2v) is 5.34. The molecule has 0 heterocycles. The SMILES string of the molecule is CCCCOC(=O)c1ccc(N=CSN(C)C)cc1. The zero-order valence-corrected chi connectivity index (χ0v) is 12.4. The van der Waals surface area contributed by atoms with E-state index in [1.54, 1.807) is 17.7 Å². The third-order valence-corrected chi connectivity index (χ3v) is 2.92. The molecule has 0 saturated heterocycles. The number of ether oxygens (including phenoxy) is 1. The molecule has 0 amide bonds. The maximum absolute atomic E-state index is 11.7. The molecule has 0 atom stereocenters. The van der Waals surface area contributed by atoms with Crippen molar-refractivity contribution >= 4 is 29.2 Å². The van der Waals surface area contributed by atoms with Crippen molar-refractivity contribution < 1.29 is 9.53 Å². The number of aliphatic imine (C=N–C) groups is 1. The van der Waals surface area contributed by atoms with E-state index < -0.39 is 0 Å². The van der Waals surface area contributed by atoms with E-state index >= 15 is 0 Å². The number of esters is 1. The molecule has 4 nitrogen and oxygen atoms in total. The number of hydrogen-bond donors (Lipinski definition) is 0. The normalized spacial score (nSPS) is 11.2. The summed E-state index contributed by atoms with van der Waals surface area (Å²) in [7, 11) is 3.90. The zero-order valence-electron chi connectivity index (χ0n) is 11.6. The lowest BCUT2D eigenvalue weighted by Gasteiger charge is -2.04. The predicted octanol–water partition coefficient (Wildman–Crippen LogP) is 3.51. The fraction of sp³-hybridized carbons (Fsp3) is 0.429. The third-order valence-electron chi connectivity index (χ3n) is 2.29. The van der Waals surface area contributed by atoms with Crippen LogP contribution in [0.5, 0.6) is 0 Å². The van der Waals surface area contributed by atoms with Gasteiger partial charge in [0.2, 0.25) is 0 Å². The molecule has 0 saturated carbocycles. The van der Waals surface area contributed by atoms with Crippen LogP contribution in [0.1, 0.15) is 30.1 Å². The maximum Gasteiger partial charge on any atom is 0.338 e. The summed E-state index contributed by atoms with van der Waals surface area (Å²) in [6, 6.07) is 7.09. The molecule has 0 N–H and O–H groups in total. The average molecular weight is 280 g/mol. The van der Waals surface area contributed by atoms with Gasteiger partial charge in [-0.05, 0) is 56.7 Å². The summed E-state index contributed by atoms with van der Waals surface area (Å²) < 4.78 is 7.08. The third kappa shape index (κ3) is 6.40. The molecular formula is C14H20N2O2S. The summed E-state index contributed by atoms with van der Waals surface area (Å²) in [6.07, 6.45) is 1.92. The van der Waals surface area contributed by atoms with Crippen molar-refractivity contribution in [3.8, 4) is 0 Å². The summed E-state index contributed by atoms with van der Waals surface area (Å²) in [5, 5.41) is 0. The lowest BCUT2D eigenvalue weighted by atomic mass is 10.2. The quantitative estimate of drug-likeness (QED) is 0.252. The van der Waals surface area contributed by atoms with Crippen LogP contribution in [-0.2, 0) is 4.74 Å². The topological polar surface area (TPSA) is 41.9 Å². The van der Waals surface area contributed by atoms with Crippen molar-refractivity contribution in [1.29, 1.82) is 0 Å². The molecule has 0 aliphatic rings. The first-order valence-electron chi connectivity index (χ1n) is 6.27. The lowest BCUT2D eigenvalue weighted by molar-refractivity contribution is 0.0500. The molecule has 0 aromatic heterocycles. The standard InChI is InChI=1S/C14H20N2O2S/c1-4-5-10-18-14(17)12-6-8-13(9-7-12)15-11-19-16(2)3/h6-9,11H,4-5,10H2,1-3H3. The lowest BCUT2D eigenvalue weighted by Crippen LogP contribution is -2.05. The van der Waals surface area contributed by atoms with Crippen LogP contribution in [0.25, 0.3) is 0 Å². The van der Waals surface area contributed by atoms with Crippen LogP contribution in [0.2, 0.25) is 0 Å². The van der Waals surface area contributed by atoms with Crippen LogP contribution in [0.15, 0.2) is 29.3 Å². The van der Waals surface area contributed by atoms with Gasteiger partial charge in [-0.25, -0.2) is 9.79 Å². The first-order chi connectivity index (χ1) is 9.13. The summed E-state index contributed by atoms with van der Waals surface area (Å²) in [4.78, 5) is 15.9. The minimum atomic E-state index is -0.272. The van der Waals surface area contributed by atoms with Crippen molar-refractivity contribution in [1.82, 2.24) is 4.31 Å². The summed E-state index contributed by atoms with van der Waals surface area (Å²) in [5.74, 6) is -0.272. The van der Waals surface area contributed by atoms with E-state index in [0.717, 1.165) is 18.5 Å². The molecule has 104 valence electrons. The van der Waals surface area contributed by atoms with E-state index in [2.05, 4.69) is 11.9 Å². The Labute approximate surface area is 119 Å². The summed E-state index contributed by atoms with van der Waals surface area (Å²) >= 11 is 1.50. The first kappa shape index (κ1) is 15.7. The largest absolute Gasteiger partial charge is 0.462 e. The Morgan fingerprint density at radius 1 is 1.37 bits per heavy atom. The minimum Gasteiger partial charge on any atom is -0.462 e. The highest BCUT2D eigenvalue weighted by Crippen LogP contribution is 2.14. The van der Waals surface area contributed by atoms with E-state index in [1.807, 2.05) is 30.5 Å². The van der Waals surface area contributed by atoms with Crippen LogP contribution >= 0.6 is 11.9 Å². The molecule has 0 aliphatic carbocycles. The molecule has 5 heteroatoms. The van der Waals surface area contributed by atoms with Crippen molar-refractivity contribution in [2.24, 2.45) is 4.99 Å². The highest BCUT2D eigenvalue weighted by molar-refractivity contribution is 8.10. The molecule has 0 aliphatic heterocycles. The van der Waals surface area contributed by atoms with Crippen LogP contribution in [0.3, 0.4) is 0 Å². The zero-order chi connectivity index (χ0) is 14.1. The second kappa shape index (κ2) is 8.72. The molecular weight excluding hydrogens is 260 g/mol. The Bertz CT molecular complexity index is 416. The van der Waals surface area contributed by atoms with Gasteiger partial charge >= 0.3 is 5.97 Å². The predicted molar refractivity (Wildman–Crippen MR) is 81.1 cm³/mol. The van der Waals surface area contributed by atoms with Crippen LogP contribution in [0.4, 0.5) is 5.69 Å². The van der Waals surface area contributed by atoms with Gasteiger partial charge in [0.15, 0.2) is 0 Å². The second-order valence-electron chi connectivity index (χ2n) is 4.19. The minimum absolute atomic E-state index is 0.272. The van der Waals surface area contributed by atoms with E-state index in [0.29, 0.717) is 12.2 Å². The Hall–Kier alpha value is -1.33. The van der Waals surface area contributed by atoms with E-state index in [-0.39, 0.29) is 5.97 Å². The molecule has 0 unspecified atom stereocenters. The van der Waals surface area contributed by atoms with E-state index in [9.17, 15) is 4.79 Å². The van der Waals surface area contributed by atoms with Crippen molar-refractivity contribution in [3.63, 3.8) is 0 Å². The molecule has 1 aromatic carbocycles. The summed E-state index contributed by atoms with van der Waals surface area (Å²) in [5.41, 5.74) is 3.14. The molecule has 0 spiro atoms. The number of rotatable bonds is 7. The van der Waals surface area contributed by atoms with Gasteiger partial charge in [0.1, 0.15) is 0 Å². The number of benzene rings is 1. The van der Waals surface area contributed by atoms with Crippen LogP contribution in [-0.4, -0.2) is 36.5 Å². The van der Waals surface area contributed by atoms with Gasteiger partial charge in [-0.1, -0.05) is 13.3 Å². The molecule has 1 aromatic rings. The molecule has 0 radical (unpaired) electrons.